The quantitative estimate of drug-likeness (QED) is 0.882. The molecule has 1 fully saturated rings. The number of nitrogens with zero attached hydrogens (tertiary/aromatic N) is 2. The van der Waals surface area contributed by atoms with Gasteiger partial charge in [0, 0.05) is 36.9 Å². The Morgan fingerprint density at radius 1 is 1.29 bits per heavy atom. The molecule has 1 saturated heterocycles. The Balaban J connectivity index is 1.76. The lowest BCUT2D eigenvalue weighted by molar-refractivity contribution is 0.242. The molecule has 1 aliphatic rings. The third-order valence-electron chi connectivity index (χ3n) is 4.33. The van der Waals surface area contributed by atoms with Crippen molar-refractivity contribution < 1.29 is 0 Å². The van der Waals surface area contributed by atoms with Crippen LogP contribution in [-0.2, 0) is 6.54 Å². The van der Waals surface area contributed by atoms with Crippen LogP contribution in [0.25, 0.3) is 10.8 Å². The molecule has 21 heavy (non-hydrogen) atoms. The molecule has 1 atom stereocenters. The van der Waals surface area contributed by atoms with Crippen molar-refractivity contribution >= 4 is 10.8 Å². The molecule has 1 aromatic heterocycles. The van der Waals surface area contributed by atoms with E-state index in [1.807, 2.05) is 12.4 Å². The highest BCUT2D eigenvalue weighted by atomic mass is 15.2. The summed E-state index contributed by atoms with van der Waals surface area (Å²) in [5, 5.41) is 6.19. The molecule has 1 aliphatic heterocycles. The molecular weight excluding hydrogens is 258 g/mol. The molecule has 2 heterocycles. The molecule has 1 unspecified atom stereocenters. The van der Waals surface area contributed by atoms with Gasteiger partial charge in [-0.3, -0.25) is 9.88 Å². The number of fused-ring (bicyclic) bond motifs is 1. The van der Waals surface area contributed by atoms with Crippen molar-refractivity contribution in [1.29, 1.82) is 0 Å². The first-order valence-corrected chi connectivity index (χ1v) is 8.14. The maximum absolute atomic E-state index is 4.42. The maximum atomic E-state index is 4.42. The summed E-state index contributed by atoms with van der Waals surface area (Å²) in [5.41, 5.74) is 1.35. The van der Waals surface area contributed by atoms with Gasteiger partial charge in [-0.2, -0.15) is 0 Å². The third kappa shape index (κ3) is 3.60. The largest absolute Gasteiger partial charge is 0.313 e. The van der Waals surface area contributed by atoms with E-state index in [9.17, 15) is 0 Å². The van der Waals surface area contributed by atoms with E-state index < -0.39 is 0 Å². The molecule has 2 aromatic rings. The molecule has 1 N–H and O–H groups in total. The molecule has 1 aromatic carbocycles. The third-order valence-corrected chi connectivity index (χ3v) is 4.33. The van der Waals surface area contributed by atoms with Crippen molar-refractivity contribution in [3.8, 4) is 0 Å². The van der Waals surface area contributed by atoms with E-state index in [4.69, 9.17) is 0 Å². The number of pyridine rings is 1. The summed E-state index contributed by atoms with van der Waals surface area (Å²) in [6.45, 7) is 6.75. The van der Waals surface area contributed by atoms with Gasteiger partial charge >= 0.3 is 0 Å². The predicted octanol–water partition coefficient (Wildman–Crippen LogP) is 3.20. The molecule has 0 amide bonds. The van der Waals surface area contributed by atoms with Crippen molar-refractivity contribution in [3.05, 3.63) is 42.2 Å². The van der Waals surface area contributed by atoms with Crippen molar-refractivity contribution in [3.63, 3.8) is 0 Å². The zero-order valence-electron chi connectivity index (χ0n) is 12.9. The summed E-state index contributed by atoms with van der Waals surface area (Å²) in [4.78, 5) is 6.99. The van der Waals surface area contributed by atoms with E-state index >= 15 is 0 Å². The fraction of sp³-hybridized carbons (Fsp3) is 0.500. The van der Waals surface area contributed by atoms with Gasteiger partial charge in [-0.1, -0.05) is 31.2 Å². The van der Waals surface area contributed by atoms with E-state index in [0.717, 1.165) is 19.6 Å². The highest BCUT2D eigenvalue weighted by molar-refractivity contribution is 5.84. The summed E-state index contributed by atoms with van der Waals surface area (Å²) in [7, 11) is 0. The van der Waals surface area contributed by atoms with E-state index in [2.05, 4.69) is 46.4 Å². The van der Waals surface area contributed by atoms with Gasteiger partial charge in [-0.25, -0.2) is 0 Å². The van der Waals surface area contributed by atoms with Crippen LogP contribution in [0.1, 0.15) is 31.7 Å². The van der Waals surface area contributed by atoms with Crippen LogP contribution in [0, 0.1) is 0 Å². The van der Waals surface area contributed by atoms with Crippen LogP contribution in [0.3, 0.4) is 0 Å². The fourth-order valence-electron chi connectivity index (χ4n) is 3.32. The van der Waals surface area contributed by atoms with Gasteiger partial charge in [0.15, 0.2) is 0 Å². The maximum Gasteiger partial charge on any atom is 0.0346 e. The molecule has 0 aliphatic carbocycles. The lowest BCUT2D eigenvalue weighted by Crippen LogP contribution is -2.37. The van der Waals surface area contributed by atoms with Gasteiger partial charge < -0.3 is 5.32 Å². The Labute approximate surface area is 127 Å². The summed E-state index contributed by atoms with van der Waals surface area (Å²) in [6, 6.07) is 9.23. The minimum atomic E-state index is 0.666. The van der Waals surface area contributed by atoms with Gasteiger partial charge in [-0.05, 0) is 43.3 Å². The van der Waals surface area contributed by atoms with E-state index in [-0.39, 0.29) is 0 Å². The van der Waals surface area contributed by atoms with Crippen LogP contribution in [0.2, 0.25) is 0 Å². The average Bonchev–Trinajstić information content (AvgIpc) is 3.01. The molecular formula is C18H25N3. The number of benzene rings is 1. The molecule has 3 heteroatoms. The molecule has 3 nitrogen and oxygen atoms in total. The smallest absolute Gasteiger partial charge is 0.0346 e. The van der Waals surface area contributed by atoms with Gasteiger partial charge in [0.25, 0.3) is 0 Å². The Morgan fingerprint density at radius 2 is 2.19 bits per heavy atom. The first-order chi connectivity index (χ1) is 10.4. The highest BCUT2D eigenvalue weighted by Gasteiger charge is 2.18. The summed E-state index contributed by atoms with van der Waals surface area (Å²) >= 11 is 0. The molecule has 3 rings (SSSR count). The summed E-state index contributed by atoms with van der Waals surface area (Å²) < 4.78 is 0. The van der Waals surface area contributed by atoms with Crippen LogP contribution < -0.4 is 5.32 Å². The molecule has 112 valence electrons. The Kier molecular flexibility index (Phi) is 4.84. The van der Waals surface area contributed by atoms with Crippen LogP contribution in [-0.4, -0.2) is 35.6 Å². The normalized spacial score (nSPS) is 18.7. The number of hydrogen-bond donors (Lipinski definition) is 1. The monoisotopic (exact) mass is 283 g/mol. The molecule has 0 bridgehead atoms. The fourth-order valence-corrected chi connectivity index (χ4v) is 3.32. The Hall–Kier alpha value is -1.45. The standard InChI is InChI=1S/C18H25N3/c1-2-10-21(14-17-7-5-9-20-17)13-16-12-19-11-15-6-3-4-8-18(15)16/h3-4,6,8,11-12,17,20H,2,5,7,9-10,13-14H2,1H3. The molecule has 0 spiro atoms. The predicted molar refractivity (Wildman–Crippen MR) is 88.3 cm³/mol. The van der Waals surface area contributed by atoms with Gasteiger partial charge in [0.05, 0.1) is 0 Å². The lowest BCUT2D eigenvalue weighted by atomic mass is 10.1. The van der Waals surface area contributed by atoms with Crippen molar-refractivity contribution in [2.75, 3.05) is 19.6 Å². The minimum Gasteiger partial charge on any atom is -0.313 e. The van der Waals surface area contributed by atoms with E-state index in [0.29, 0.717) is 6.04 Å². The Morgan fingerprint density at radius 3 is 3.00 bits per heavy atom. The van der Waals surface area contributed by atoms with Gasteiger partial charge in [0.1, 0.15) is 0 Å². The van der Waals surface area contributed by atoms with Crippen LogP contribution in [0.4, 0.5) is 0 Å². The van der Waals surface area contributed by atoms with Gasteiger partial charge in [0.2, 0.25) is 0 Å². The van der Waals surface area contributed by atoms with Crippen LogP contribution in [0.15, 0.2) is 36.7 Å². The Bertz CT molecular complexity index is 570. The second-order valence-electron chi connectivity index (χ2n) is 6.05. The zero-order valence-corrected chi connectivity index (χ0v) is 12.9. The first kappa shape index (κ1) is 14.5. The number of rotatable bonds is 6. The first-order valence-electron chi connectivity index (χ1n) is 8.14. The van der Waals surface area contributed by atoms with Crippen LogP contribution >= 0.6 is 0 Å². The molecule has 0 radical (unpaired) electrons. The number of aromatic nitrogens is 1. The zero-order chi connectivity index (χ0) is 14.5. The second kappa shape index (κ2) is 7.01. The average molecular weight is 283 g/mol. The van der Waals surface area contributed by atoms with Gasteiger partial charge in [-0.15, -0.1) is 0 Å². The summed E-state index contributed by atoms with van der Waals surface area (Å²) in [5.74, 6) is 0. The highest BCUT2D eigenvalue weighted by Crippen LogP contribution is 2.19. The second-order valence-corrected chi connectivity index (χ2v) is 6.05. The number of nitrogens with one attached hydrogen (secondary N) is 1. The van der Waals surface area contributed by atoms with Crippen molar-refractivity contribution in [2.24, 2.45) is 0 Å². The van der Waals surface area contributed by atoms with E-state index in [1.165, 1.54) is 42.1 Å². The molecule has 0 saturated carbocycles. The lowest BCUT2D eigenvalue weighted by Gasteiger charge is -2.25. The van der Waals surface area contributed by atoms with Crippen molar-refractivity contribution in [1.82, 2.24) is 15.2 Å². The SMILES string of the molecule is CCCN(Cc1cncc2ccccc12)CC1CCCN1. The topological polar surface area (TPSA) is 28.2 Å². The summed E-state index contributed by atoms with van der Waals surface area (Å²) in [6.07, 6.45) is 7.83. The van der Waals surface area contributed by atoms with Crippen molar-refractivity contribution in [2.45, 2.75) is 38.8 Å². The number of hydrogen-bond acceptors (Lipinski definition) is 3. The van der Waals surface area contributed by atoms with E-state index in [1.54, 1.807) is 0 Å². The van der Waals surface area contributed by atoms with Crippen LogP contribution in [0.5, 0.6) is 0 Å². The minimum absolute atomic E-state index is 0.666.